The standard InChI is InChI=1S/C14H18N4O2/c1-10-7-16-11(8-15-10)14(19)17-9-12(18(2)3)13-5-4-6-20-13/h4-8,12H,9H2,1-3H3,(H,17,19)/t12-/m1/s1. The molecule has 0 aromatic carbocycles. The average molecular weight is 274 g/mol. The monoisotopic (exact) mass is 274 g/mol. The maximum atomic E-state index is 12.0. The van der Waals surface area contributed by atoms with E-state index in [2.05, 4.69) is 15.3 Å². The van der Waals surface area contributed by atoms with Gasteiger partial charge in [0.25, 0.3) is 5.91 Å². The van der Waals surface area contributed by atoms with Crippen LogP contribution in [0.5, 0.6) is 0 Å². The van der Waals surface area contributed by atoms with Gasteiger partial charge in [-0.3, -0.25) is 14.7 Å². The minimum atomic E-state index is -0.240. The van der Waals surface area contributed by atoms with Gasteiger partial charge in [0.2, 0.25) is 0 Å². The summed E-state index contributed by atoms with van der Waals surface area (Å²) in [6, 6.07) is 3.70. The highest BCUT2D eigenvalue weighted by atomic mass is 16.3. The molecular weight excluding hydrogens is 256 g/mol. The van der Waals surface area contributed by atoms with E-state index in [0.717, 1.165) is 11.5 Å². The molecule has 6 heteroatoms. The van der Waals surface area contributed by atoms with Gasteiger partial charge in [-0.15, -0.1) is 0 Å². The third-order valence-electron chi connectivity index (χ3n) is 2.96. The first-order valence-electron chi connectivity index (χ1n) is 6.34. The van der Waals surface area contributed by atoms with Crippen molar-refractivity contribution < 1.29 is 9.21 Å². The maximum absolute atomic E-state index is 12.0. The Labute approximate surface area is 117 Å². The van der Waals surface area contributed by atoms with Gasteiger partial charge in [0.05, 0.1) is 24.2 Å². The van der Waals surface area contributed by atoms with E-state index >= 15 is 0 Å². The molecule has 0 saturated heterocycles. The van der Waals surface area contributed by atoms with Gasteiger partial charge in [0, 0.05) is 12.7 Å². The summed E-state index contributed by atoms with van der Waals surface area (Å²) in [7, 11) is 3.87. The molecule has 20 heavy (non-hydrogen) atoms. The first-order valence-corrected chi connectivity index (χ1v) is 6.34. The molecule has 0 aliphatic rings. The van der Waals surface area contributed by atoms with Gasteiger partial charge in [-0.1, -0.05) is 0 Å². The molecule has 0 aliphatic carbocycles. The number of aryl methyl sites for hydroxylation is 1. The van der Waals surface area contributed by atoms with Crippen molar-refractivity contribution in [2.75, 3.05) is 20.6 Å². The zero-order valence-electron chi connectivity index (χ0n) is 11.8. The lowest BCUT2D eigenvalue weighted by Gasteiger charge is -2.22. The second-order valence-corrected chi connectivity index (χ2v) is 4.75. The number of likely N-dealkylation sites (N-methyl/N-ethyl adjacent to an activating group) is 1. The van der Waals surface area contributed by atoms with E-state index in [-0.39, 0.29) is 11.9 Å². The van der Waals surface area contributed by atoms with Crippen LogP contribution in [0.2, 0.25) is 0 Å². The van der Waals surface area contributed by atoms with E-state index < -0.39 is 0 Å². The zero-order chi connectivity index (χ0) is 14.5. The van der Waals surface area contributed by atoms with Gasteiger partial charge in [0.15, 0.2) is 0 Å². The third-order valence-corrected chi connectivity index (χ3v) is 2.96. The summed E-state index contributed by atoms with van der Waals surface area (Å²) in [6.45, 7) is 2.27. The van der Waals surface area contributed by atoms with E-state index in [1.165, 1.54) is 6.20 Å². The number of rotatable bonds is 5. The summed E-state index contributed by atoms with van der Waals surface area (Å²) in [6.07, 6.45) is 4.67. The molecule has 0 bridgehead atoms. The van der Waals surface area contributed by atoms with Crippen LogP contribution in [0.3, 0.4) is 0 Å². The number of hydrogen-bond acceptors (Lipinski definition) is 5. The minimum Gasteiger partial charge on any atom is -0.468 e. The van der Waals surface area contributed by atoms with Crippen molar-refractivity contribution in [2.24, 2.45) is 0 Å². The molecule has 0 radical (unpaired) electrons. The van der Waals surface area contributed by atoms with Gasteiger partial charge in [-0.25, -0.2) is 4.98 Å². The first kappa shape index (κ1) is 14.2. The molecule has 0 aliphatic heterocycles. The number of carbonyl (C=O) groups is 1. The first-order chi connectivity index (χ1) is 9.58. The maximum Gasteiger partial charge on any atom is 0.271 e. The van der Waals surface area contributed by atoms with Crippen LogP contribution in [0.4, 0.5) is 0 Å². The summed E-state index contributed by atoms with van der Waals surface area (Å²) >= 11 is 0. The Morgan fingerprint density at radius 1 is 1.40 bits per heavy atom. The minimum absolute atomic E-state index is 0.0210. The molecule has 0 spiro atoms. The lowest BCUT2D eigenvalue weighted by atomic mass is 10.2. The van der Waals surface area contributed by atoms with E-state index in [0.29, 0.717) is 12.2 Å². The lowest BCUT2D eigenvalue weighted by Crippen LogP contribution is -2.34. The van der Waals surface area contributed by atoms with Gasteiger partial charge >= 0.3 is 0 Å². The van der Waals surface area contributed by atoms with Gasteiger partial charge < -0.3 is 9.73 Å². The van der Waals surface area contributed by atoms with E-state index in [4.69, 9.17) is 4.42 Å². The van der Waals surface area contributed by atoms with Gasteiger partial charge in [-0.2, -0.15) is 0 Å². The number of nitrogens with one attached hydrogen (secondary N) is 1. The Kier molecular flexibility index (Phi) is 4.47. The molecule has 1 N–H and O–H groups in total. The van der Waals surface area contributed by atoms with Gasteiger partial charge in [0.1, 0.15) is 11.5 Å². The van der Waals surface area contributed by atoms with Crippen molar-refractivity contribution in [3.05, 3.63) is 47.9 Å². The summed E-state index contributed by atoms with van der Waals surface area (Å²) in [5.74, 6) is 0.571. The van der Waals surface area contributed by atoms with Crippen molar-refractivity contribution in [1.29, 1.82) is 0 Å². The summed E-state index contributed by atoms with van der Waals surface area (Å²) in [5.41, 5.74) is 1.09. The Bertz CT molecular complexity index is 549. The Morgan fingerprint density at radius 2 is 2.20 bits per heavy atom. The fourth-order valence-electron chi connectivity index (χ4n) is 1.81. The smallest absolute Gasteiger partial charge is 0.271 e. The quantitative estimate of drug-likeness (QED) is 0.892. The average Bonchev–Trinajstić information content (AvgIpc) is 2.93. The van der Waals surface area contributed by atoms with Crippen LogP contribution in [0.15, 0.2) is 35.2 Å². The Balaban J connectivity index is 1.99. The molecule has 6 nitrogen and oxygen atoms in total. The second-order valence-electron chi connectivity index (χ2n) is 4.75. The summed E-state index contributed by atoms with van der Waals surface area (Å²) < 4.78 is 5.39. The molecule has 2 heterocycles. The Morgan fingerprint density at radius 3 is 2.75 bits per heavy atom. The van der Waals surface area contributed by atoms with E-state index in [1.54, 1.807) is 12.5 Å². The highest BCUT2D eigenvalue weighted by Crippen LogP contribution is 2.17. The highest BCUT2D eigenvalue weighted by molar-refractivity contribution is 5.91. The molecule has 0 unspecified atom stereocenters. The SMILES string of the molecule is Cc1cnc(C(=O)NC[C@H](c2ccco2)N(C)C)cn1. The topological polar surface area (TPSA) is 71.3 Å². The van der Waals surface area contributed by atoms with Crippen LogP contribution in [-0.4, -0.2) is 41.4 Å². The van der Waals surface area contributed by atoms with E-state index in [9.17, 15) is 4.79 Å². The normalized spacial score (nSPS) is 12.4. The number of furan rings is 1. The molecule has 1 amide bonds. The van der Waals surface area contributed by atoms with Crippen molar-refractivity contribution in [2.45, 2.75) is 13.0 Å². The van der Waals surface area contributed by atoms with Crippen molar-refractivity contribution in [3.63, 3.8) is 0 Å². The van der Waals surface area contributed by atoms with Crippen molar-refractivity contribution in [1.82, 2.24) is 20.2 Å². The van der Waals surface area contributed by atoms with Crippen molar-refractivity contribution >= 4 is 5.91 Å². The number of aromatic nitrogens is 2. The predicted molar refractivity (Wildman–Crippen MR) is 74.2 cm³/mol. The number of nitrogens with zero attached hydrogens (tertiary/aromatic N) is 3. The van der Waals surface area contributed by atoms with Crippen LogP contribution in [0, 0.1) is 6.92 Å². The Hall–Kier alpha value is -2.21. The summed E-state index contributed by atoms with van der Waals surface area (Å²) in [5, 5.41) is 2.85. The largest absolute Gasteiger partial charge is 0.468 e. The van der Waals surface area contributed by atoms with Crippen LogP contribution >= 0.6 is 0 Å². The molecule has 1 atom stereocenters. The fourth-order valence-corrected chi connectivity index (χ4v) is 1.81. The van der Waals surface area contributed by atoms with Crippen molar-refractivity contribution in [3.8, 4) is 0 Å². The summed E-state index contributed by atoms with van der Waals surface area (Å²) in [4.78, 5) is 22.1. The lowest BCUT2D eigenvalue weighted by molar-refractivity contribution is 0.0933. The van der Waals surface area contributed by atoms with Crippen LogP contribution in [0.25, 0.3) is 0 Å². The number of carbonyl (C=O) groups excluding carboxylic acids is 1. The molecule has 0 saturated carbocycles. The molecule has 2 aromatic rings. The molecular formula is C14H18N4O2. The van der Waals surface area contributed by atoms with Crippen LogP contribution in [-0.2, 0) is 0 Å². The third kappa shape index (κ3) is 3.42. The molecule has 0 fully saturated rings. The predicted octanol–water partition coefficient (Wildman–Crippen LogP) is 1.41. The van der Waals surface area contributed by atoms with Crippen LogP contribution < -0.4 is 5.32 Å². The molecule has 2 aromatic heterocycles. The second kappa shape index (κ2) is 6.29. The highest BCUT2D eigenvalue weighted by Gasteiger charge is 2.18. The van der Waals surface area contributed by atoms with Gasteiger partial charge in [-0.05, 0) is 33.2 Å². The zero-order valence-corrected chi connectivity index (χ0v) is 11.8. The number of hydrogen-bond donors (Lipinski definition) is 1. The fraction of sp³-hybridized carbons (Fsp3) is 0.357. The van der Waals surface area contributed by atoms with Crippen LogP contribution in [0.1, 0.15) is 28.0 Å². The van der Waals surface area contributed by atoms with E-state index in [1.807, 2.05) is 38.1 Å². The number of amides is 1. The molecule has 2 rings (SSSR count). The molecule has 106 valence electrons.